The van der Waals surface area contributed by atoms with E-state index in [9.17, 15) is 19.8 Å². The first-order valence-corrected chi connectivity index (χ1v) is 8.91. The number of quaternary nitrogens is 2. The molecule has 0 rings (SSSR count). The summed E-state index contributed by atoms with van der Waals surface area (Å²) in [5, 5.41) is 22.4. The molecule has 0 bridgehead atoms. The second-order valence-corrected chi connectivity index (χ2v) is 9.44. The smallest absolute Gasteiger partial charge is 0.306 e. The third-order valence-corrected chi connectivity index (χ3v) is 4.34. The van der Waals surface area contributed by atoms with Crippen LogP contribution in [0.3, 0.4) is 0 Å². The van der Waals surface area contributed by atoms with E-state index in [1.54, 1.807) is 13.8 Å². The molecule has 0 heterocycles. The Morgan fingerprint density at radius 2 is 1.60 bits per heavy atom. The molecule has 0 aliphatic rings. The zero-order valence-electron chi connectivity index (χ0n) is 17.3. The molecule has 7 nitrogen and oxygen atoms in total. The van der Waals surface area contributed by atoms with E-state index in [-0.39, 0.29) is 5.91 Å². The minimum absolute atomic E-state index is 0.153. The number of hydrogen-bond acceptors (Lipinski definition) is 3. The van der Waals surface area contributed by atoms with Crippen molar-refractivity contribution in [3.63, 3.8) is 0 Å². The van der Waals surface area contributed by atoms with Crippen molar-refractivity contribution in [2.45, 2.75) is 39.7 Å². The van der Waals surface area contributed by atoms with E-state index in [0.29, 0.717) is 41.6 Å². The molecule has 3 N–H and O–H groups in total. The molecule has 0 aromatic rings. The zero-order chi connectivity index (χ0) is 20.1. The summed E-state index contributed by atoms with van der Waals surface area (Å²) in [5.74, 6) is -1.53. The Bertz CT molecular complexity index is 456. The normalized spacial score (nSPS) is 15.6. The van der Waals surface area contributed by atoms with E-state index in [1.165, 1.54) is 0 Å². The van der Waals surface area contributed by atoms with Gasteiger partial charge in [-0.05, 0) is 12.8 Å². The minimum atomic E-state index is -0.858. The van der Waals surface area contributed by atoms with E-state index >= 15 is 0 Å². The number of likely N-dealkylation sites (N-methyl/N-ethyl adjacent to an activating group) is 2. The molecule has 0 saturated heterocycles. The highest BCUT2D eigenvalue weighted by Gasteiger charge is 2.34. The van der Waals surface area contributed by atoms with E-state index in [2.05, 4.69) is 5.32 Å². The van der Waals surface area contributed by atoms with Gasteiger partial charge in [0.15, 0.2) is 12.8 Å². The second kappa shape index (κ2) is 8.96. The van der Waals surface area contributed by atoms with E-state index in [0.717, 1.165) is 0 Å². The minimum Gasteiger partial charge on any atom is -0.481 e. The summed E-state index contributed by atoms with van der Waals surface area (Å²) in [6.07, 6.45) is 0.351. The van der Waals surface area contributed by atoms with Gasteiger partial charge >= 0.3 is 5.97 Å². The van der Waals surface area contributed by atoms with Gasteiger partial charge in [0, 0.05) is 5.41 Å². The number of carboxylic acids is 1. The Hall–Kier alpha value is -1.18. The van der Waals surface area contributed by atoms with Crippen LogP contribution in [0.4, 0.5) is 0 Å². The van der Waals surface area contributed by atoms with Gasteiger partial charge in [-0.25, -0.2) is 0 Å². The molecule has 148 valence electrons. The zero-order valence-corrected chi connectivity index (χ0v) is 17.3. The summed E-state index contributed by atoms with van der Waals surface area (Å²) >= 11 is 0. The van der Waals surface area contributed by atoms with Crippen molar-refractivity contribution in [2.75, 3.05) is 55.0 Å². The monoisotopic (exact) mass is 361 g/mol. The van der Waals surface area contributed by atoms with Crippen molar-refractivity contribution in [3.8, 4) is 0 Å². The molecule has 0 radical (unpaired) electrons. The number of carbonyl (C=O) groups is 2. The molecule has 0 aromatic heterocycles. The fourth-order valence-electron chi connectivity index (χ4n) is 2.97. The SMILES string of the molecule is CCC(CC(C)(C)C(=O)NC[N+](C)(C)CC(O)C[N+](C)(C)C)C(=O)O. The Labute approximate surface area is 152 Å². The van der Waals surface area contributed by atoms with Crippen LogP contribution in [-0.2, 0) is 9.59 Å². The topological polar surface area (TPSA) is 86.6 Å². The van der Waals surface area contributed by atoms with Crippen molar-refractivity contribution < 1.29 is 28.8 Å². The summed E-state index contributed by atoms with van der Waals surface area (Å²) in [6.45, 7) is 6.93. The van der Waals surface area contributed by atoms with Crippen LogP contribution >= 0.6 is 0 Å². The summed E-state index contributed by atoms with van der Waals surface area (Å²) in [7, 11) is 10.00. The number of aliphatic carboxylic acids is 1. The van der Waals surface area contributed by atoms with Crippen molar-refractivity contribution in [3.05, 3.63) is 0 Å². The Balaban J connectivity index is 4.66. The molecular formula is C18H39N3O4+2. The van der Waals surface area contributed by atoms with E-state index in [4.69, 9.17) is 0 Å². The lowest BCUT2D eigenvalue weighted by atomic mass is 9.81. The van der Waals surface area contributed by atoms with Crippen LogP contribution < -0.4 is 5.32 Å². The van der Waals surface area contributed by atoms with Crippen LogP contribution in [0.5, 0.6) is 0 Å². The molecular weight excluding hydrogens is 322 g/mol. The highest BCUT2D eigenvalue weighted by Crippen LogP contribution is 2.27. The lowest BCUT2D eigenvalue weighted by molar-refractivity contribution is -0.908. The summed E-state index contributed by atoms with van der Waals surface area (Å²) in [6, 6.07) is 0. The number of hydrogen-bond donors (Lipinski definition) is 3. The third-order valence-electron chi connectivity index (χ3n) is 4.34. The number of amides is 1. The summed E-state index contributed by atoms with van der Waals surface area (Å²) in [4.78, 5) is 23.7. The van der Waals surface area contributed by atoms with Crippen LogP contribution in [0.2, 0.25) is 0 Å². The third kappa shape index (κ3) is 9.77. The molecule has 1 amide bonds. The highest BCUT2D eigenvalue weighted by atomic mass is 16.4. The average Bonchev–Trinajstić information content (AvgIpc) is 2.38. The molecule has 0 aliphatic carbocycles. The molecule has 2 atom stereocenters. The standard InChI is InChI=1S/C18H37N3O4/c1-9-14(16(23)24)10-18(2,3)17(25)19-13-21(7,8)12-15(22)11-20(4,5)6/h14-15,22H,9-13H2,1-8H3/p+2. The van der Waals surface area contributed by atoms with Crippen molar-refractivity contribution in [1.82, 2.24) is 5.32 Å². The Morgan fingerprint density at radius 3 is 2.00 bits per heavy atom. The molecule has 0 spiro atoms. The van der Waals surface area contributed by atoms with Gasteiger partial charge in [0.1, 0.15) is 13.1 Å². The van der Waals surface area contributed by atoms with Gasteiger partial charge in [0.25, 0.3) is 0 Å². The Kier molecular flexibility index (Phi) is 8.54. The van der Waals surface area contributed by atoms with Gasteiger partial charge in [-0.2, -0.15) is 0 Å². The maximum absolute atomic E-state index is 12.5. The number of carboxylic acid groups (broad SMARTS) is 1. The largest absolute Gasteiger partial charge is 0.481 e. The van der Waals surface area contributed by atoms with Gasteiger partial charge in [0.2, 0.25) is 5.91 Å². The fraction of sp³-hybridized carbons (Fsp3) is 0.889. The summed E-state index contributed by atoms with van der Waals surface area (Å²) in [5.41, 5.74) is -0.750. The fourth-order valence-corrected chi connectivity index (χ4v) is 2.97. The second-order valence-electron chi connectivity index (χ2n) is 9.44. The molecule has 2 unspecified atom stereocenters. The summed E-state index contributed by atoms with van der Waals surface area (Å²) < 4.78 is 1.13. The molecule has 25 heavy (non-hydrogen) atoms. The molecule has 0 saturated carbocycles. The van der Waals surface area contributed by atoms with Crippen LogP contribution in [0, 0.1) is 11.3 Å². The van der Waals surface area contributed by atoms with Crippen LogP contribution in [0.15, 0.2) is 0 Å². The van der Waals surface area contributed by atoms with E-state index < -0.39 is 23.4 Å². The molecule has 0 fully saturated rings. The molecule has 0 aliphatic heterocycles. The van der Waals surface area contributed by atoms with Gasteiger partial charge in [-0.3, -0.25) is 9.59 Å². The number of aliphatic hydroxyl groups is 1. The van der Waals surface area contributed by atoms with Crippen molar-refractivity contribution in [2.24, 2.45) is 11.3 Å². The number of nitrogens with zero attached hydrogens (tertiary/aromatic N) is 2. The number of nitrogens with one attached hydrogen (secondary N) is 1. The number of carbonyl (C=O) groups excluding carboxylic acids is 1. The first-order chi connectivity index (χ1) is 11.1. The van der Waals surface area contributed by atoms with Crippen molar-refractivity contribution in [1.29, 1.82) is 0 Å². The van der Waals surface area contributed by atoms with Gasteiger partial charge in [-0.15, -0.1) is 0 Å². The van der Waals surface area contributed by atoms with Gasteiger partial charge in [-0.1, -0.05) is 20.8 Å². The molecule has 0 aromatic carbocycles. The lowest BCUT2D eigenvalue weighted by Crippen LogP contribution is -2.56. The highest BCUT2D eigenvalue weighted by molar-refractivity contribution is 5.82. The maximum atomic E-state index is 12.5. The lowest BCUT2D eigenvalue weighted by Gasteiger charge is -2.35. The van der Waals surface area contributed by atoms with Gasteiger partial charge in [0.05, 0.1) is 41.2 Å². The predicted octanol–water partition coefficient (Wildman–Crippen LogP) is 0.731. The van der Waals surface area contributed by atoms with Crippen LogP contribution in [0.1, 0.15) is 33.6 Å². The van der Waals surface area contributed by atoms with E-state index in [1.807, 2.05) is 42.2 Å². The number of rotatable bonds is 11. The first kappa shape index (κ1) is 23.8. The quantitative estimate of drug-likeness (QED) is 0.374. The van der Waals surface area contributed by atoms with Crippen LogP contribution in [-0.4, -0.2) is 92.2 Å². The van der Waals surface area contributed by atoms with Crippen LogP contribution in [0.25, 0.3) is 0 Å². The average molecular weight is 362 g/mol. The number of aliphatic hydroxyl groups excluding tert-OH is 1. The van der Waals surface area contributed by atoms with Gasteiger partial charge < -0.3 is 24.5 Å². The Morgan fingerprint density at radius 1 is 1.08 bits per heavy atom. The predicted molar refractivity (Wildman–Crippen MR) is 98.7 cm³/mol. The maximum Gasteiger partial charge on any atom is 0.306 e. The van der Waals surface area contributed by atoms with Crippen molar-refractivity contribution >= 4 is 11.9 Å². The molecule has 7 heteroatoms. The first-order valence-electron chi connectivity index (χ1n) is 8.91.